The third kappa shape index (κ3) is 4.77. The molecule has 174 valence electrons. The van der Waals surface area contributed by atoms with Gasteiger partial charge in [0.2, 0.25) is 5.91 Å². The number of hydrogen-bond donors (Lipinski definition) is 0. The molecule has 5 heteroatoms. The van der Waals surface area contributed by atoms with Gasteiger partial charge in [-0.25, -0.2) is 0 Å². The van der Waals surface area contributed by atoms with E-state index in [-0.39, 0.29) is 5.91 Å². The molecular formula is C28H33NO4. The van der Waals surface area contributed by atoms with Gasteiger partial charge in [0.05, 0.1) is 19.5 Å². The highest BCUT2D eigenvalue weighted by molar-refractivity contribution is 6.01. The molecule has 0 radical (unpaired) electrons. The number of piperidine rings is 1. The Morgan fingerprint density at radius 3 is 2.42 bits per heavy atom. The molecule has 5 nitrogen and oxygen atoms in total. The second-order valence-electron chi connectivity index (χ2n) is 8.51. The number of hydrogen-bond acceptors (Lipinski definition) is 4. The smallest absolute Gasteiger partial charge is 0.246 e. The molecule has 4 rings (SSSR count). The molecule has 3 aromatic rings. The molecule has 0 aliphatic carbocycles. The number of carbonyl (C=O) groups excluding carboxylic acids is 1. The number of amides is 1. The largest absolute Gasteiger partial charge is 0.494 e. The van der Waals surface area contributed by atoms with E-state index in [0.29, 0.717) is 13.2 Å². The Morgan fingerprint density at radius 1 is 1.06 bits per heavy atom. The van der Waals surface area contributed by atoms with Crippen molar-refractivity contribution < 1.29 is 18.7 Å². The molecule has 33 heavy (non-hydrogen) atoms. The summed E-state index contributed by atoms with van der Waals surface area (Å²) in [6.07, 6.45) is 6.91. The van der Waals surface area contributed by atoms with Crippen molar-refractivity contribution in [3.63, 3.8) is 0 Å². The summed E-state index contributed by atoms with van der Waals surface area (Å²) >= 11 is 0. The SMILES string of the molecule is CCOc1ccc(-c2coc3c(C)c(OCC)c(/C(C)=C/C(=O)N4CCCCC4)cc23)cc1. The second kappa shape index (κ2) is 10.2. The summed E-state index contributed by atoms with van der Waals surface area (Å²) in [6.45, 7) is 10.8. The molecule has 1 aromatic heterocycles. The van der Waals surface area contributed by atoms with Crippen LogP contribution in [0.15, 0.2) is 47.1 Å². The molecule has 0 saturated carbocycles. The predicted octanol–water partition coefficient (Wildman–Crippen LogP) is 6.62. The van der Waals surface area contributed by atoms with Crippen LogP contribution in [0.3, 0.4) is 0 Å². The zero-order valence-electron chi connectivity index (χ0n) is 20.1. The van der Waals surface area contributed by atoms with Crippen molar-refractivity contribution in [1.29, 1.82) is 0 Å². The third-order valence-corrected chi connectivity index (χ3v) is 6.24. The van der Waals surface area contributed by atoms with E-state index in [1.807, 2.05) is 56.9 Å². The first-order valence-corrected chi connectivity index (χ1v) is 11.9. The van der Waals surface area contributed by atoms with Gasteiger partial charge in [-0.3, -0.25) is 4.79 Å². The van der Waals surface area contributed by atoms with Crippen LogP contribution in [0, 0.1) is 6.92 Å². The first kappa shape index (κ1) is 23.0. The van der Waals surface area contributed by atoms with E-state index in [4.69, 9.17) is 13.9 Å². The summed E-state index contributed by atoms with van der Waals surface area (Å²) in [7, 11) is 0. The van der Waals surface area contributed by atoms with E-state index < -0.39 is 0 Å². The highest BCUT2D eigenvalue weighted by Gasteiger charge is 2.20. The Hall–Kier alpha value is -3.21. The molecule has 0 spiro atoms. The number of fused-ring (bicyclic) bond motifs is 1. The molecule has 1 fully saturated rings. The van der Waals surface area contributed by atoms with Gasteiger partial charge in [-0.05, 0) is 76.3 Å². The topological polar surface area (TPSA) is 51.9 Å². The summed E-state index contributed by atoms with van der Waals surface area (Å²) in [5.41, 5.74) is 5.65. The molecular weight excluding hydrogens is 414 g/mol. The molecule has 0 unspecified atom stereocenters. The summed E-state index contributed by atoms with van der Waals surface area (Å²) in [5.74, 6) is 1.70. The minimum absolute atomic E-state index is 0.0753. The quantitative estimate of drug-likeness (QED) is 0.382. The van der Waals surface area contributed by atoms with Gasteiger partial charge < -0.3 is 18.8 Å². The van der Waals surface area contributed by atoms with E-state index in [9.17, 15) is 4.79 Å². The van der Waals surface area contributed by atoms with E-state index in [0.717, 1.165) is 76.2 Å². The Kier molecular flexibility index (Phi) is 7.07. The first-order valence-electron chi connectivity index (χ1n) is 11.9. The normalized spacial score (nSPS) is 14.5. The number of allylic oxidation sites excluding steroid dienone is 1. The van der Waals surface area contributed by atoms with E-state index >= 15 is 0 Å². The lowest BCUT2D eigenvalue weighted by Crippen LogP contribution is -2.34. The lowest BCUT2D eigenvalue weighted by molar-refractivity contribution is -0.126. The molecule has 1 saturated heterocycles. The number of carbonyl (C=O) groups is 1. The molecule has 1 aliphatic rings. The predicted molar refractivity (Wildman–Crippen MR) is 133 cm³/mol. The van der Waals surface area contributed by atoms with Gasteiger partial charge >= 0.3 is 0 Å². The van der Waals surface area contributed by atoms with Gasteiger partial charge in [0.1, 0.15) is 17.1 Å². The lowest BCUT2D eigenvalue weighted by atomic mass is 9.96. The maximum Gasteiger partial charge on any atom is 0.246 e. The standard InChI is InChI=1S/C28H33NO4/c1-5-31-22-12-10-21(11-13-22)25-18-33-28-20(4)27(32-6-2)23(17-24(25)28)19(3)16-26(30)29-14-8-7-9-15-29/h10-13,16-18H,5-9,14-15H2,1-4H3/b19-16+. The van der Waals surface area contributed by atoms with Crippen molar-refractivity contribution in [3.8, 4) is 22.6 Å². The maximum absolute atomic E-state index is 12.9. The molecule has 1 aliphatic heterocycles. The zero-order chi connectivity index (χ0) is 23.4. The van der Waals surface area contributed by atoms with Crippen LogP contribution >= 0.6 is 0 Å². The summed E-state index contributed by atoms with van der Waals surface area (Å²) in [6, 6.07) is 10.1. The Labute approximate surface area is 196 Å². The number of aryl methyl sites for hydroxylation is 1. The molecule has 0 bridgehead atoms. The fourth-order valence-corrected chi connectivity index (χ4v) is 4.53. The molecule has 2 aromatic carbocycles. The lowest BCUT2D eigenvalue weighted by Gasteiger charge is -2.25. The van der Waals surface area contributed by atoms with E-state index in [2.05, 4.69) is 6.07 Å². The Morgan fingerprint density at radius 2 is 1.76 bits per heavy atom. The fourth-order valence-electron chi connectivity index (χ4n) is 4.53. The van der Waals surface area contributed by atoms with Gasteiger partial charge in [0.25, 0.3) is 0 Å². The van der Waals surface area contributed by atoms with Crippen molar-refractivity contribution >= 4 is 22.4 Å². The summed E-state index contributed by atoms with van der Waals surface area (Å²) in [4.78, 5) is 14.8. The number of likely N-dealkylation sites (tertiary alicyclic amines) is 1. The highest BCUT2D eigenvalue weighted by Crippen LogP contribution is 2.41. The van der Waals surface area contributed by atoms with Crippen molar-refractivity contribution in [2.45, 2.75) is 47.0 Å². The van der Waals surface area contributed by atoms with Gasteiger partial charge in [-0.15, -0.1) is 0 Å². The minimum atomic E-state index is 0.0753. The van der Waals surface area contributed by atoms with Crippen molar-refractivity contribution in [2.24, 2.45) is 0 Å². The monoisotopic (exact) mass is 447 g/mol. The van der Waals surface area contributed by atoms with Crippen LogP contribution in [0.4, 0.5) is 0 Å². The van der Waals surface area contributed by atoms with E-state index in [1.165, 1.54) is 6.42 Å². The minimum Gasteiger partial charge on any atom is -0.494 e. The van der Waals surface area contributed by atoms with Crippen LogP contribution in [-0.4, -0.2) is 37.1 Å². The Bertz CT molecular complexity index is 1150. The second-order valence-corrected chi connectivity index (χ2v) is 8.51. The van der Waals surface area contributed by atoms with Gasteiger partial charge in [-0.2, -0.15) is 0 Å². The van der Waals surface area contributed by atoms with Crippen molar-refractivity contribution in [1.82, 2.24) is 4.90 Å². The zero-order valence-corrected chi connectivity index (χ0v) is 20.1. The van der Waals surface area contributed by atoms with Crippen molar-refractivity contribution in [3.05, 3.63) is 53.8 Å². The molecule has 0 atom stereocenters. The van der Waals surface area contributed by atoms with Crippen LogP contribution < -0.4 is 9.47 Å². The maximum atomic E-state index is 12.9. The first-order chi connectivity index (χ1) is 16.0. The number of ether oxygens (including phenoxy) is 2. The van der Waals surface area contributed by atoms with Crippen LogP contribution in [0.5, 0.6) is 11.5 Å². The number of benzene rings is 2. The average Bonchev–Trinajstić information content (AvgIpc) is 3.26. The third-order valence-electron chi connectivity index (χ3n) is 6.24. The van der Waals surface area contributed by atoms with Gasteiger partial charge in [0.15, 0.2) is 0 Å². The Balaban J connectivity index is 1.77. The summed E-state index contributed by atoms with van der Waals surface area (Å²) < 4.78 is 17.6. The number of furan rings is 1. The number of rotatable bonds is 7. The molecule has 2 heterocycles. The van der Waals surface area contributed by atoms with Crippen molar-refractivity contribution in [2.75, 3.05) is 26.3 Å². The van der Waals surface area contributed by atoms with Crippen LogP contribution in [0.25, 0.3) is 27.7 Å². The van der Waals surface area contributed by atoms with Crippen LogP contribution in [0.1, 0.15) is 51.2 Å². The van der Waals surface area contributed by atoms with Gasteiger partial charge in [0, 0.05) is 41.2 Å². The molecule has 1 amide bonds. The van der Waals surface area contributed by atoms with Crippen LogP contribution in [0.2, 0.25) is 0 Å². The molecule has 0 N–H and O–H groups in total. The van der Waals surface area contributed by atoms with E-state index in [1.54, 1.807) is 12.3 Å². The number of nitrogens with zero attached hydrogens (tertiary/aromatic N) is 1. The summed E-state index contributed by atoms with van der Waals surface area (Å²) in [5, 5.41) is 1.01. The average molecular weight is 448 g/mol. The highest BCUT2D eigenvalue weighted by atomic mass is 16.5. The van der Waals surface area contributed by atoms with Crippen LogP contribution in [-0.2, 0) is 4.79 Å². The fraction of sp³-hybridized carbons (Fsp3) is 0.393. The van der Waals surface area contributed by atoms with Gasteiger partial charge in [-0.1, -0.05) is 12.1 Å².